The molecule has 3 atom stereocenters. The first kappa shape index (κ1) is 12.6. The molecule has 110 valence electrons. The second kappa shape index (κ2) is 4.72. The van der Waals surface area contributed by atoms with Crippen molar-refractivity contribution < 1.29 is 4.79 Å². The lowest BCUT2D eigenvalue weighted by Gasteiger charge is -2.26. The van der Waals surface area contributed by atoms with Crippen molar-refractivity contribution in [2.45, 2.75) is 25.3 Å². The first-order valence-electron chi connectivity index (χ1n) is 7.50. The summed E-state index contributed by atoms with van der Waals surface area (Å²) in [5, 5.41) is 4.05. The smallest absolute Gasteiger partial charge is 0.220 e. The predicted octanol–water partition coefficient (Wildman–Crippen LogP) is 1.31. The Morgan fingerprint density at radius 3 is 3.05 bits per heavy atom. The number of nitrogens with one attached hydrogen (secondary N) is 2. The third kappa shape index (κ3) is 2.05. The summed E-state index contributed by atoms with van der Waals surface area (Å²) in [4.78, 5) is 25.6. The quantitative estimate of drug-likeness (QED) is 0.872. The monoisotopic (exact) mass is 285 g/mol. The summed E-state index contributed by atoms with van der Waals surface area (Å²) >= 11 is 0. The van der Waals surface area contributed by atoms with Crippen LogP contribution in [-0.4, -0.2) is 40.5 Å². The molecule has 1 saturated carbocycles. The number of rotatable bonds is 2. The van der Waals surface area contributed by atoms with Gasteiger partial charge in [-0.25, -0.2) is 9.97 Å². The van der Waals surface area contributed by atoms with Gasteiger partial charge < -0.3 is 15.2 Å². The van der Waals surface area contributed by atoms with E-state index in [2.05, 4.69) is 32.2 Å². The Kier molecular flexibility index (Phi) is 2.83. The van der Waals surface area contributed by atoms with Crippen molar-refractivity contribution in [1.29, 1.82) is 0 Å². The number of hydrogen-bond donors (Lipinski definition) is 2. The molecule has 1 aliphatic carbocycles. The van der Waals surface area contributed by atoms with Crippen LogP contribution in [0.2, 0.25) is 0 Å². The zero-order valence-electron chi connectivity index (χ0n) is 12.0. The highest BCUT2D eigenvalue weighted by Gasteiger charge is 2.40. The Morgan fingerprint density at radius 2 is 2.14 bits per heavy atom. The molecule has 2 unspecified atom stereocenters. The maximum Gasteiger partial charge on any atom is 0.220 e. The highest BCUT2D eigenvalue weighted by atomic mass is 16.1. The zero-order chi connectivity index (χ0) is 14.4. The fourth-order valence-corrected chi connectivity index (χ4v) is 3.86. The number of fused-ring (bicyclic) bond motifs is 2. The molecule has 1 amide bonds. The van der Waals surface area contributed by atoms with Crippen LogP contribution in [0.4, 0.5) is 5.82 Å². The Labute approximate surface area is 123 Å². The van der Waals surface area contributed by atoms with Crippen molar-refractivity contribution in [2.75, 3.05) is 18.5 Å². The number of aromatic amines is 1. The van der Waals surface area contributed by atoms with Crippen molar-refractivity contribution in [3.63, 3.8) is 0 Å². The van der Waals surface area contributed by atoms with Crippen molar-refractivity contribution >= 4 is 22.8 Å². The number of nitrogens with zero attached hydrogens (tertiary/aromatic N) is 3. The van der Waals surface area contributed by atoms with Crippen LogP contribution in [0.1, 0.15) is 19.3 Å². The van der Waals surface area contributed by atoms with Gasteiger partial charge in [0.25, 0.3) is 0 Å². The molecule has 4 rings (SSSR count). The molecule has 0 spiro atoms. The minimum Gasteiger partial charge on any atom is -0.356 e. The van der Waals surface area contributed by atoms with E-state index in [1.54, 1.807) is 6.33 Å². The molecule has 0 radical (unpaired) electrons. The summed E-state index contributed by atoms with van der Waals surface area (Å²) < 4.78 is 0. The molecule has 1 saturated heterocycles. The largest absolute Gasteiger partial charge is 0.356 e. The SMILES string of the molecule is CN(c1ncnc2[nH]ccc12)[C@H]1CC2CNC(=O)CC2C1. The summed E-state index contributed by atoms with van der Waals surface area (Å²) in [6.07, 6.45) is 6.38. The molecule has 1 aliphatic heterocycles. The number of H-pyrrole nitrogens is 1. The molecule has 21 heavy (non-hydrogen) atoms. The molecule has 6 nitrogen and oxygen atoms in total. The standard InChI is InChI=1S/C15H19N5O/c1-20(15-12-2-3-16-14(12)18-8-19-15)11-4-9-6-13(21)17-7-10(9)5-11/h2-3,8-11H,4-7H2,1H3,(H,17,21)(H,16,18,19)/t9?,10?,11-/m1/s1. The molecule has 0 aromatic carbocycles. The molecule has 2 aromatic heterocycles. The molecule has 2 N–H and O–H groups in total. The fourth-order valence-electron chi connectivity index (χ4n) is 3.86. The van der Waals surface area contributed by atoms with Crippen LogP contribution < -0.4 is 10.2 Å². The van der Waals surface area contributed by atoms with Crippen molar-refractivity contribution in [1.82, 2.24) is 20.3 Å². The Balaban J connectivity index is 1.59. The van der Waals surface area contributed by atoms with Crippen LogP contribution in [0.25, 0.3) is 11.0 Å². The first-order valence-corrected chi connectivity index (χ1v) is 7.50. The number of amides is 1. The lowest BCUT2D eigenvalue weighted by molar-refractivity contribution is -0.124. The number of carbonyl (C=O) groups excluding carboxylic acids is 1. The van der Waals surface area contributed by atoms with Crippen LogP contribution in [0, 0.1) is 11.8 Å². The van der Waals surface area contributed by atoms with Crippen molar-refractivity contribution in [2.24, 2.45) is 11.8 Å². The predicted molar refractivity (Wildman–Crippen MR) is 79.9 cm³/mol. The summed E-state index contributed by atoms with van der Waals surface area (Å²) in [7, 11) is 2.10. The second-order valence-electron chi connectivity index (χ2n) is 6.20. The van der Waals surface area contributed by atoms with Gasteiger partial charge in [-0.2, -0.15) is 0 Å². The Morgan fingerprint density at radius 1 is 1.29 bits per heavy atom. The van der Waals surface area contributed by atoms with E-state index in [1.165, 1.54) is 0 Å². The van der Waals surface area contributed by atoms with Gasteiger partial charge in [0.1, 0.15) is 17.8 Å². The third-order valence-corrected chi connectivity index (χ3v) is 5.04. The molecule has 2 fully saturated rings. The lowest BCUT2D eigenvalue weighted by atomic mass is 9.89. The maximum absolute atomic E-state index is 11.5. The van der Waals surface area contributed by atoms with Gasteiger partial charge in [0, 0.05) is 32.3 Å². The molecule has 3 heterocycles. The molecule has 2 aliphatic rings. The minimum atomic E-state index is 0.203. The number of anilines is 1. The normalized spacial score (nSPS) is 28.4. The summed E-state index contributed by atoms with van der Waals surface area (Å²) in [6.45, 7) is 0.831. The minimum absolute atomic E-state index is 0.203. The van der Waals surface area contributed by atoms with E-state index >= 15 is 0 Å². The van der Waals surface area contributed by atoms with E-state index in [-0.39, 0.29) is 5.91 Å². The molecule has 2 aromatic rings. The van der Waals surface area contributed by atoms with E-state index in [0.717, 1.165) is 36.2 Å². The maximum atomic E-state index is 11.5. The lowest BCUT2D eigenvalue weighted by Crippen LogP contribution is -2.38. The first-order chi connectivity index (χ1) is 10.2. The topological polar surface area (TPSA) is 73.9 Å². The van der Waals surface area contributed by atoms with Crippen LogP contribution in [0.5, 0.6) is 0 Å². The van der Waals surface area contributed by atoms with E-state index in [4.69, 9.17) is 0 Å². The second-order valence-corrected chi connectivity index (χ2v) is 6.20. The van der Waals surface area contributed by atoms with Crippen LogP contribution in [0.3, 0.4) is 0 Å². The summed E-state index contributed by atoms with van der Waals surface area (Å²) in [5.41, 5.74) is 0.874. The zero-order valence-corrected chi connectivity index (χ0v) is 12.0. The van der Waals surface area contributed by atoms with Gasteiger partial charge in [0.2, 0.25) is 5.91 Å². The van der Waals surface area contributed by atoms with Gasteiger partial charge in [0.05, 0.1) is 5.39 Å². The molecular formula is C15H19N5O. The van der Waals surface area contributed by atoms with E-state index < -0.39 is 0 Å². The number of aromatic nitrogens is 3. The average molecular weight is 285 g/mol. The number of piperidine rings is 1. The third-order valence-electron chi connectivity index (χ3n) is 5.04. The van der Waals surface area contributed by atoms with Gasteiger partial charge in [-0.1, -0.05) is 0 Å². The van der Waals surface area contributed by atoms with E-state index in [9.17, 15) is 4.79 Å². The van der Waals surface area contributed by atoms with Gasteiger partial charge in [0.15, 0.2) is 0 Å². The van der Waals surface area contributed by atoms with Gasteiger partial charge in [-0.15, -0.1) is 0 Å². The highest BCUT2D eigenvalue weighted by molar-refractivity contribution is 5.87. The average Bonchev–Trinajstić information content (AvgIpc) is 3.11. The Hall–Kier alpha value is -2.11. The molecule has 6 heteroatoms. The van der Waals surface area contributed by atoms with Gasteiger partial charge >= 0.3 is 0 Å². The summed E-state index contributed by atoms with van der Waals surface area (Å²) in [5.74, 6) is 2.31. The summed E-state index contributed by atoms with van der Waals surface area (Å²) in [6, 6.07) is 2.47. The molecular weight excluding hydrogens is 266 g/mol. The van der Waals surface area contributed by atoms with E-state index in [0.29, 0.717) is 24.3 Å². The van der Waals surface area contributed by atoms with Crippen LogP contribution in [-0.2, 0) is 4.79 Å². The fraction of sp³-hybridized carbons (Fsp3) is 0.533. The Bertz CT molecular complexity index is 682. The van der Waals surface area contributed by atoms with Crippen LogP contribution >= 0.6 is 0 Å². The van der Waals surface area contributed by atoms with Gasteiger partial charge in [-0.05, 0) is 30.7 Å². The highest BCUT2D eigenvalue weighted by Crippen LogP contribution is 2.39. The van der Waals surface area contributed by atoms with Crippen molar-refractivity contribution in [3.8, 4) is 0 Å². The number of hydrogen-bond acceptors (Lipinski definition) is 4. The van der Waals surface area contributed by atoms with Crippen molar-refractivity contribution in [3.05, 3.63) is 18.6 Å². The number of carbonyl (C=O) groups is 1. The van der Waals surface area contributed by atoms with E-state index in [1.807, 2.05) is 12.3 Å². The molecule has 0 bridgehead atoms. The van der Waals surface area contributed by atoms with Gasteiger partial charge in [-0.3, -0.25) is 4.79 Å². The van der Waals surface area contributed by atoms with Crippen LogP contribution in [0.15, 0.2) is 18.6 Å².